The smallest absolute Gasteiger partial charge is 0.299 e. The van der Waals surface area contributed by atoms with E-state index in [0.29, 0.717) is 17.9 Å². The van der Waals surface area contributed by atoms with Crippen LogP contribution >= 0.6 is 0 Å². The molecule has 0 saturated carbocycles. The highest BCUT2D eigenvalue weighted by molar-refractivity contribution is 7.92. The third-order valence-electron chi connectivity index (χ3n) is 3.94. The molecule has 0 fully saturated rings. The molecular weight excluding hydrogens is 390 g/mol. The summed E-state index contributed by atoms with van der Waals surface area (Å²) in [5.41, 5.74) is -1.44. The van der Waals surface area contributed by atoms with E-state index in [2.05, 4.69) is 16.6 Å². The Bertz CT molecular complexity index is 1040. The van der Waals surface area contributed by atoms with Gasteiger partial charge in [-0.05, 0) is 24.6 Å². The number of anilines is 1. The molecule has 2 aromatic rings. The highest BCUT2D eigenvalue weighted by atomic mass is 32.2. The molecule has 1 heterocycles. The molecule has 0 bridgehead atoms. The van der Waals surface area contributed by atoms with Crippen molar-refractivity contribution < 1.29 is 12.6 Å². The molecule has 1 atom stereocenters. The minimum Gasteiger partial charge on any atom is -0.299 e. The molecule has 2 N–H and O–H groups in total. The van der Waals surface area contributed by atoms with Gasteiger partial charge in [-0.1, -0.05) is 32.3 Å². The SMILES string of the molecule is CCCCCCn1cc(S(=O)(=O)Nc2cccc([S@](C)=O)c2)c(=O)[nH]c1=O. The predicted octanol–water partition coefficient (Wildman–Crippen LogP) is 1.66. The first kappa shape index (κ1) is 21.1. The summed E-state index contributed by atoms with van der Waals surface area (Å²) in [5.74, 6) is 0. The Hall–Kier alpha value is -2.20. The van der Waals surface area contributed by atoms with Crippen LogP contribution in [-0.4, -0.2) is 28.4 Å². The number of nitrogens with one attached hydrogen (secondary N) is 2. The largest absolute Gasteiger partial charge is 0.328 e. The number of aromatic amines is 1. The van der Waals surface area contributed by atoms with Gasteiger partial charge in [0.15, 0.2) is 4.90 Å². The van der Waals surface area contributed by atoms with Gasteiger partial charge in [-0.2, -0.15) is 0 Å². The number of nitrogens with zero attached hydrogens (tertiary/aromatic N) is 1. The maximum absolute atomic E-state index is 12.6. The molecule has 0 aliphatic carbocycles. The van der Waals surface area contributed by atoms with E-state index in [1.807, 2.05) is 0 Å². The van der Waals surface area contributed by atoms with Crippen LogP contribution in [0.4, 0.5) is 5.69 Å². The zero-order chi connectivity index (χ0) is 20.0. The number of hydrogen-bond acceptors (Lipinski definition) is 5. The van der Waals surface area contributed by atoms with Crippen molar-refractivity contribution in [1.82, 2.24) is 9.55 Å². The first-order valence-corrected chi connectivity index (χ1v) is 11.6. The number of rotatable bonds is 9. The van der Waals surface area contributed by atoms with Gasteiger partial charge in [-0.15, -0.1) is 0 Å². The molecule has 10 heteroatoms. The van der Waals surface area contributed by atoms with Crippen LogP contribution in [0, 0.1) is 0 Å². The Morgan fingerprint density at radius 1 is 1.19 bits per heavy atom. The van der Waals surface area contributed by atoms with Crippen molar-refractivity contribution in [2.75, 3.05) is 11.0 Å². The number of H-pyrrole nitrogens is 1. The molecular formula is C17H23N3O5S2. The molecule has 0 saturated heterocycles. The second-order valence-corrected chi connectivity index (χ2v) is 9.12. The van der Waals surface area contributed by atoms with Crippen molar-refractivity contribution in [1.29, 1.82) is 0 Å². The lowest BCUT2D eigenvalue weighted by Crippen LogP contribution is -2.34. The summed E-state index contributed by atoms with van der Waals surface area (Å²) < 4.78 is 40.3. The van der Waals surface area contributed by atoms with Crippen LogP contribution < -0.4 is 16.0 Å². The van der Waals surface area contributed by atoms with Crippen molar-refractivity contribution in [3.63, 3.8) is 0 Å². The number of unbranched alkanes of at least 4 members (excludes halogenated alkanes) is 3. The number of sulfonamides is 1. The average molecular weight is 414 g/mol. The number of aromatic nitrogens is 2. The van der Waals surface area contributed by atoms with Crippen LogP contribution in [-0.2, 0) is 27.4 Å². The van der Waals surface area contributed by atoms with Crippen LogP contribution in [0.15, 0.2) is 49.8 Å². The summed E-state index contributed by atoms with van der Waals surface area (Å²) in [6.07, 6.45) is 6.20. The highest BCUT2D eigenvalue weighted by Crippen LogP contribution is 2.16. The van der Waals surface area contributed by atoms with Gasteiger partial charge < -0.3 is 0 Å². The minimum absolute atomic E-state index is 0.183. The van der Waals surface area contributed by atoms with Crippen molar-refractivity contribution in [2.45, 2.75) is 48.9 Å². The van der Waals surface area contributed by atoms with Gasteiger partial charge in [-0.25, -0.2) is 13.2 Å². The molecule has 0 aliphatic heterocycles. The van der Waals surface area contributed by atoms with E-state index < -0.39 is 37.0 Å². The van der Waals surface area contributed by atoms with E-state index in [4.69, 9.17) is 0 Å². The highest BCUT2D eigenvalue weighted by Gasteiger charge is 2.20. The van der Waals surface area contributed by atoms with Crippen LogP contribution in [0.3, 0.4) is 0 Å². The third-order valence-corrected chi connectivity index (χ3v) is 6.23. The molecule has 0 spiro atoms. The summed E-state index contributed by atoms with van der Waals surface area (Å²) in [5, 5.41) is 0. The van der Waals surface area contributed by atoms with Gasteiger partial charge in [-0.3, -0.25) is 23.3 Å². The lowest BCUT2D eigenvalue weighted by atomic mass is 10.2. The van der Waals surface area contributed by atoms with E-state index in [1.165, 1.54) is 23.0 Å². The van der Waals surface area contributed by atoms with Crippen molar-refractivity contribution in [3.8, 4) is 0 Å². The minimum atomic E-state index is -4.21. The quantitative estimate of drug-likeness (QED) is 0.606. The van der Waals surface area contributed by atoms with Crippen LogP contribution in [0.25, 0.3) is 0 Å². The van der Waals surface area contributed by atoms with Crippen molar-refractivity contribution in [2.24, 2.45) is 0 Å². The second-order valence-electron chi connectivity index (χ2n) is 6.09. The predicted molar refractivity (Wildman–Crippen MR) is 105 cm³/mol. The topological polar surface area (TPSA) is 118 Å². The van der Waals surface area contributed by atoms with E-state index >= 15 is 0 Å². The molecule has 0 unspecified atom stereocenters. The lowest BCUT2D eigenvalue weighted by Gasteiger charge is -2.10. The molecule has 0 aliphatic rings. The molecule has 1 aromatic heterocycles. The maximum atomic E-state index is 12.6. The monoisotopic (exact) mass is 413 g/mol. The Kier molecular flexibility index (Phi) is 7.14. The fourth-order valence-corrected chi connectivity index (χ4v) is 4.18. The summed E-state index contributed by atoms with van der Waals surface area (Å²) in [4.78, 5) is 25.9. The van der Waals surface area contributed by atoms with Gasteiger partial charge in [0.1, 0.15) is 0 Å². The first-order valence-electron chi connectivity index (χ1n) is 8.54. The summed E-state index contributed by atoms with van der Waals surface area (Å²) in [7, 11) is -5.49. The van der Waals surface area contributed by atoms with Crippen LogP contribution in [0.1, 0.15) is 32.6 Å². The summed E-state index contributed by atoms with van der Waals surface area (Å²) in [6, 6.07) is 6.09. The number of benzene rings is 1. The number of aryl methyl sites for hydroxylation is 1. The lowest BCUT2D eigenvalue weighted by molar-refractivity contribution is 0.549. The second kappa shape index (κ2) is 9.14. The van der Waals surface area contributed by atoms with E-state index in [-0.39, 0.29) is 5.69 Å². The van der Waals surface area contributed by atoms with Gasteiger partial charge in [0.2, 0.25) is 0 Å². The average Bonchev–Trinajstić information content (AvgIpc) is 2.59. The van der Waals surface area contributed by atoms with Crippen molar-refractivity contribution >= 4 is 26.5 Å². The molecule has 0 amide bonds. The van der Waals surface area contributed by atoms with Gasteiger partial charge in [0.05, 0.1) is 5.69 Å². The van der Waals surface area contributed by atoms with E-state index in [0.717, 1.165) is 25.5 Å². The zero-order valence-electron chi connectivity index (χ0n) is 15.2. The van der Waals surface area contributed by atoms with Gasteiger partial charge in [0, 0.05) is 34.7 Å². The maximum Gasteiger partial charge on any atom is 0.328 e. The molecule has 2 rings (SSSR count). The van der Waals surface area contributed by atoms with Gasteiger partial charge >= 0.3 is 5.69 Å². The zero-order valence-corrected chi connectivity index (χ0v) is 16.9. The Labute approximate surface area is 160 Å². The molecule has 8 nitrogen and oxygen atoms in total. The number of hydrogen-bond donors (Lipinski definition) is 2. The van der Waals surface area contributed by atoms with E-state index in [1.54, 1.807) is 12.1 Å². The molecule has 0 radical (unpaired) electrons. The third kappa shape index (κ3) is 5.64. The van der Waals surface area contributed by atoms with Crippen LogP contribution in [0.2, 0.25) is 0 Å². The fourth-order valence-electron chi connectivity index (χ4n) is 2.50. The first-order chi connectivity index (χ1) is 12.7. The normalized spacial score (nSPS) is 12.7. The van der Waals surface area contributed by atoms with Gasteiger partial charge in [0.25, 0.3) is 15.6 Å². The summed E-state index contributed by atoms with van der Waals surface area (Å²) >= 11 is 0. The fraction of sp³-hybridized carbons (Fsp3) is 0.412. The molecule has 148 valence electrons. The molecule has 27 heavy (non-hydrogen) atoms. The van der Waals surface area contributed by atoms with Crippen LogP contribution in [0.5, 0.6) is 0 Å². The standard InChI is InChI=1S/C17H23N3O5S2/c1-3-4-5-6-10-20-12-15(16(21)18-17(20)22)27(24,25)19-13-8-7-9-14(11-13)26(2)23/h7-9,11-12,19H,3-6,10H2,1-2H3,(H,18,21,22)/t26-/m0/s1. The Morgan fingerprint density at radius 2 is 1.93 bits per heavy atom. The summed E-state index contributed by atoms with van der Waals surface area (Å²) in [6.45, 7) is 2.38. The Balaban J connectivity index is 2.32. The van der Waals surface area contributed by atoms with E-state index in [9.17, 15) is 22.2 Å². The molecule has 1 aromatic carbocycles. The van der Waals surface area contributed by atoms with Crippen molar-refractivity contribution in [3.05, 3.63) is 51.3 Å². The Morgan fingerprint density at radius 3 is 2.59 bits per heavy atom.